The van der Waals surface area contributed by atoms with Gasteiger partial charge in [-0.15, -0.1) is 11.6 Å². The van der Waals surface area contributed by atoms with Crippen LogP contribution in [0, 0.1) is 0 Å². The summed E-state index contributed by atoms with van der Waals surface area (Å²) in [6.45, 7) is 0. The zero-order valence-electron chi connectivity index (χ0n) is 5.14. The Labute approximate surface area is 72.5 Å². The first-order chi connectivity index (χ1) is 4.72. The van der Waals surface area contributed by atoms with Crippen LogP contribution in [-0.2, 0) is 5.88 Å². The average Bonchev–Trinajstić information content (AvgIpc) is 1.85. The largest absolute Gasteiger partial charge is 0.399 e. The number of nitrogens with two attached hydrogens (primary N) is 1. The first kappa shape index (κ1) is 7.82. The zero-order chi connectivity index (χ0) is 7.56. The number of halogens is 2. The molecule has 2 nitrogen and oxygen atoms in total. The van der Waals surface area contributed by atoms with E-state index in [9.17, 15) is 0 Å². The maximum absolute atomic E-state index is 5.53. The van der Waals surface area contributed by atoms with E-state index in [0.717, 1.165) is 10.3 Å². The predicted octanol–water partition coefficient (Wildman–Crippen LogP) is 2.17. The van der Waals surface area contributed by atoms with Gasteiger partial charge >= 0.3 is 0 Å². The molecule has 0 saturated heterocycles. The summed E-state index contributed by atoms with van der Waals surface area (Å²) in [6, 6.07) is 3.48. The molecule has 0 aliphatic heterocycles. The second kappa shape index (κ2) is 3.21. The molecule has 0 spiro atoms. The minimum atomic E-state index is 0.393. The number of pyridine rings is 1. The molecule has 2 N–H and O–H groups in total. The molecule has 0 unspecified atom stereocenters. The predicted molar refractivity (Wildman–Crippen MR) is 45.9 cm³/mol. The van der Waals surface area contributed by atoms with Crippen molar-refractivity contribution < 1.29 is 0 Å². The molecule has 0 aliphatic carbocycles. The van der Waals surface area contributed by atoms with Crippen LogP contribution in [0.15, 0.2) is 16.7 Å². The Hall–Kier alpha value is -0.280. The van der Waals surface area contributed by atoms with Crippen LogP contribution in [0.3, 0.4) is 0 Å². The maximum Gasteiger partial charge on any atom is 0.108 e. The summed E-state index contributed by atoms with van der Waals surface area (Å²) < 4.78 is 0.725. The second-order valence-electron chi connectivity index (χ2n) is 1.85. The fraction of sp³-hybridized carbons (Fsp3) is 0.167. The third-order valence-corrected chi connectivity index (χ3v) is 1.69. The highest BCUT2D eigenvalue weighted by molar-refractivity contribution is 9.10. The highest BCUT2D eigenvalue weighted by Gasteiger charge is 1.95. The van der Waals surface area contributed by atoms with Gasteiger partial charge in [0.1, 0.15) is 4.60 Å². The number of nitrogens with zero attached hydrogens (tertiary/aromatic N) is 1. The second-order valence-corrected chi connectivity index (χ2v) is 2.93. The van der Waals surface area contributed by atoms with Gasteiger partial charge in [0.25, 0.3) is 0 Å². The third-order valence-electron chi connectivity index (χ3n) is 1.01. The minimum absolute atomic E-state index is 0.393. The molecule has 4 heteroatoms. The standard InChI is InChI=1S/C6H6BrClN2/c7-6-2-4(9)1-5(3-8)10-6/h1-2H,3H2,(H2,9,10). The van der Waals surface area contributed by atoms with Gasteiger partial charge in [0.2, 0.25) is 0 Å². The van der Waals surface area contributed by atoms with Crippen LogP contribution < -0.4 is 5.73 Å². The van der Waals surface area contributed by atoms with E-state index in [1.165, 1.54) is 0 Å². The third kappa shape index (κ3) is 1.85. The first-order valence-electron chi connectivity index (χ1n) is 2.70. The van der Waals surface area contributed by atoms with Crippen LogP contribution in [0.4, 0.5) is 5.69 Å². The summed E-state index contributed by atoms with van der Waals surface area (Å²) in [5, 5.41) is 0. The molecule has 0 radical (unpaired) electrons. The van der Waals surface area contributed by atoms with E-state index in [4.69, 9.17) is 17.3 Å². The molecule has 1 aromatic rings. The van der Waals surface area contributed by atoms with Crippen LogP contribution in [0.2, 0.25) is 0 Å². The average molecular weight is 221 g/mol. The van der Waals surface area contributed by atoms with Crippen LogP contribution in [0.1, 0.15) is 5.69 Å². The Morgan fingerprint density at radius 3 is 2.80 bits per heavy atom. The lowest BCUT2D eigenvalue weighted by molar-refractivity contribution is 1.14. The topological polar surface area (TPSA) is 38.9 Å². The molecule has 0 atom stereocenters. The SMILES string of the molecule is Nc1cc(Br)nc(CCl)c1. The number of aromatic nitrogens is 1. The van der Waals surface area contributed by atoms with E-state index in [1.807, 2.05) is 0 Å². The number of hydrogen-bond acceptors (Lipinski definition) is 2. The van der Waals surface area contributed by atoms with Crippen molar-refractivity contribution in [3.63, 3.8) is 0 Å². The minimum Gasteiger partial charge on any atom is -0.399 e. The molecule has 0 aromatic carbocycles. The quantitative estimate of drug-likeness (QED) is 0.583. The Balaban J connectivity index is 3.06. The molecule has 0 fully saturated rings. The Kier molecular flexibility index (Phi) is 2.51. The van der Waals surface area contributed by atoms with Gasteiger partial charge in [0, 0.05) is 5.69 Å². The highest BCUT2D eigenvalue weighted by Crippen LogP contribution is 2.13. The summed E-state index contributed by atoms with van der Waals surface area (Å²) in [5.41, 5.74) is 6.97. The van der Waals surface area contributed by atoms with Gasteiger partial charge in [-0.2, -0.15) is 0 Å². The van der Waals surface area contributed by atoms with E-state index in [2.05, 4.69) is 20.9 Å². The van der Waals surface area contributed by atoms with Gasteiger partial charge in [0.15, 0.2) is 0 Å². The lowest BCUT2D eigenvalue weighted by atomic mass is 10.3. The van der Waals surface area contributed by atoms with Crippen molar-refractivity contribution in [3.05, 3.63) is 22.4 Å². The molecule has 1 aromatic heterocycles. The van der Waals surface area contributed by atoms with Crippen molar-refractivity contribution in [1.29, 1.82) is 0 Å². The Bertz CT molecular complexity index is 219. The van der Waals surface area contributed by atoms with Crippen LogP contribution in [-0.4, -0.2) is 4.98 Å². The van der Waals surface area contributed by atoms with E-state index < -0.39 is 0 Å². The first-order valence-corrected chi connectivity index (χ1v) is 4.03. The van der Waals surface area contributed by atoms with Gasteiger partial charge in [-0.1, -0.05) is 0 Å². The molecule has 10 heavy (non-hydrogen) atoms. The molecular formula is C6H6BrClN2. The summed E-state index contributed by atoms with van der Waals surface area (Å²) >= 11 is 8.74. The van der Waals surface area contributed by atoms with Gasteiger partial charge in [-0.25, -0.2) is 4.98 Å². The normalized spacial score (nSPS) is 9.80. The van der Waals surface area contributed by atoms with Crippen molar-refractivity contribution in [2.75, 3.05) is 5.73 Å². The highest BCUT2D eigenvalue weighted by atomic mass is 79.9. The Morgan fingerprint density at radius 1 is 1.60 bits per heavy atom. The van der Waals surface area contributed by atoms with Crippen molar-refractivity contribution in [2.24, 2.45) is 0 Å². The molecule has 1 rings (SSSR count). The van der Waals surface area contributed by atoms with E-state index in [0.29, 0.717) is 11.6 Å². The molecule has 0 bridgehead atoms. The van der Waals surface area contributed by atoms with Crippen LogP contribution >= 0.6 is 27.5 Å². The molecule has 1 heterocycles. The van der Waals surface area contributed by atoms with Crippen molar-refractivity contribution in [3.8, 4) is 0 Å². The lowest BCUT2D eigenvalue weighted by Gasteiger charge is -1.97. The number of rotatable bonds is 1. The van der Waals surface area contributed by atoms with Crippen molar-refractivity contribution in [2.45, 2.75) is 5.88 Å². The van der Waals surface area contributed by atoms with Crippen molar-refractivity contribution in [1.82, 2.24) is 4.98 Å². The maximum atomic E-state index is 5.53. The number of nitrogen functional groups attached to an aromatic ring is 1. The van der Waals surface area contributed by atoms with E-state index in [1.54, 1.807) is 12.1 Å². The molecular weight excluding hydrogens is 215 g/mol. The molecule has 0 amide bonds. The number of anilines is 1. The lowest BCUT2D eigenvalue weighted by Crippen LogP contribution is -1.90. The molecule has 0 saturated carbocycles. The summed E-state index contributed by atoms with van der Waals surface area (Å²) in [5.74, 6) is 0.393. The zero-order valence-corrected chi connectivity index (χ0v) is 7.48. The Morgan fingerprint density at radius 2 is 2.30 bits per heavy atom. The molecule has 54 valence electrons. The summed E-state index contributed by atoms with van der Waals surface area (Å²) in [4.78, 5) is 4.06. The number of hydrogen-bond donors (Lipinski definition) is 1. The van der Waals surface area contributed by atoms with Crippen molar-refractivity contribution >= 4 is 33.2 Å². The van der Waals surface area contributed by atoms with Gasteiger partial charge in [-0.3, -0.25) is 0 Å². The summed E-state index contributed by atoms with van der Waals surface area (Å²) in [7, 11) is 0. The van der Waals surface area contributed by atoms with Gasteiger partial charge in [-0.05, 0) is 28.1 Å². The smallest absolute Gasteiger partial charge is 0.108 e. The van der Waals surface area contributed by atoms with E-state index >= 15 is 0 Å². The van der Waals surface area contributed by atoms with Crippen LogP contribution in [0.5, 0.6) is 0 Å². The van der Waals surface area contributed by atoms with Gasteiger partial charge < -0.3 is 5.73 Å². The number of alkyl halides is 1. The van der Waals surface area contributed by atoms with Crippen LogP contribution in [0.25, 0.3) is 0 Å². The summed E-state index contributed by atoms with van der Waals surface area (Å²) in [6.07, 6.45) is 0. The monoisotopic (exact) mass is 220 g/mol. The fourth-order valence-corrected chi connectivity index (χ4v) is 1.27. The van der Waals surface area contributed by atoms with E-state index in [-0.39, 0.29) is 0 Å². The molecule has 0 aliphatic rings. The fourth-order valence-electron chi connectivity index (χ4n) is 0.642. The van der Waals surface area contributed by atoms with Gasteiger partial charge in [0.05, 0.1) is 11.6 Å².